The summed E-state index contributed by atoms with van der Waals surface area (Å²) >= 11 is 4.25. The minimum absolute atomic E-state index is 0.0188. The molecule has 5 nitrogen and oxygen atoms in total. The molecule has 0 radical (unpaired) electrons. The van der Waals surface area contributed by atoms with Crippen molar-refractivity contribution in [2.24, 2.45) is 17.6 Å². The number of hydrogen-bond acceptors (Lipinski definition) is 4. The van der Waals surface area contributed by atoms with Gasteiger partial charge in [0, 0.05) is 24.8 Å². The second-order valence-electron chi connectivity index (χ2n) is 5.54. The van der Waals surface area contributed by atoms with Gasteiger partial charge in [-0.05, 0) is 26.4 Å². The number of primary amides is 1. The zero-order valence-corrected chi connectivity index (χ0v) is 13.3. The summed E-state index contributed by atoms with van der Waals surface area (Å²) in [5.41, 5.74) is 5.21. The quantitative estimate of drug-likeness (QED) is 0.606. The number of hydrogen-bond donors (Lipinski definition) is 2. The zero-order chi connectivity index (χ0) is 15.0. The molecular formula is C13H27N3O2S. The molecule has 0 rings (SSSR count). The van der Waals surface area contributed by atoms with E-state index in [9.17, 15) is 9.59 Å². The Morgan fingerprint density at radius 3 is 2.16 bits per heavy atom. The minimum atomic E-state index is -0.477. The largest absolute Gasteiger partial charge is 0.368 e. The van der Waals surface area contributed by atoms with Gasteiger partial charge in [-0.2, -0.15) is 12.6 Å². The summed E-state index contributed by atoms with van der Waals surface area (Å²) in [6, 6.07) is 0. The minimum Gasteiger partial charge on any atom is -0.368 e. The SMILES string of the molecule is CC(C)CC(CS)C(=O)N(CCN(C)C)CC(N)=O. The molecule has 0 fully saturated rings. The van der Waals surface area contributed by atoms with Gasteiger partial charge >= 0.3 is 0 Å². The van der Waals surface area contributed by atoms with Crippen molar-refractivity contribution in [1.82, 2.24) is 9.80 Å². The number of nitrogens with zero attached hydrogens (tertiary/aromatic N) is 2. The molecule has 0 aliphatic heterocycles. The Balaban J connectivity index is 4.70. The number of carbonyl (C=O) groups is 2. The summed E-state index contributed by atoms with van der Waals surface area (Å²) in [5, 5.41) is 0. The molecule has 0 bridgehead atoms. The molecular weight excluding hydrogens is 262 g/mol. The molecule has 0 aromatic heterocycles. The van der Waals surface area contributed by atoms with Crippen LogP contribution in [0.2, 0.25) is 0 Å². The Labute approximate surface area is 121 Å². The monoisotopic (exact) mass is 289 g/mol. The molecule has 1 atom stereocenters. The van der Waals surface area contributed by atoms with Crippen LogP contribution < -0.4 is 5.73 Å². The third-order valence-corrected chi connectivity index (χ3v) is 3.24. The van der Waals surface area contributed by atoms with Crippen LogP contribution in [-0.4, -0.2) is 61.1 Å². The van der Waals surface area contributed by atoms with Crippen molar-refractivity contribution < 1.29 is 9.59 Å². The fourth-order valence-corrected chi connectivity index (χ4v) is 2.16. The van der Waals surface area contributed by atoms with E-state index in [2.05, 4.69) is 26.5 Å². The lowest BCUT2D eigenvalue weighted by Gasteiger charge is -2.27. The third kappa shape index (κ3) is 8.10. The number of nitrogens with two attached hydrogens (primary N) is 1. The van der Waals surface area contributed by atoms with E-state index in [1.54, 1.807) is 4.90 Å². The van der Waals surface area contributed by atoms with E-state index < -0.39 is 5.91 Å². The average Bonchev–Trinajstić information content (AvgIpc) is 2.29. The average molecular weight is 289 g/mol. The van der Waals surface area contributed by atoms with Gasteiger partial charge in [0.2, 0.25) is 11.8 Å². The molecule has 6 heteroatoms. The highest BCUT2D eigenvalue weighted by molar-refractivity contribution is 7.80. The summed E-state index contributed by atoms with van der Waals surface area (Å²) in [4.78, 5) is 27.0. The molecule has 112 valence electrons. The smallest absolute Gasteiger partial charge is 0.237 e. The predicted molar refractivity (Wildman–Crippen MR) is 81.1 cm³/mol. The van der Waals surface area contributed by atoms with E-state index in [1.807, 2.05) is 19.0 Å². The molecule has 1 unspecified atom stereocenters. The fraction of sp³-hybridized carbons (Fsp3) is 0.846. The molecule has 0 aromatic carbocycles. The molecule has 2 amide bonds. The Kier molecular flexibility index (Phi) is 8.84. The van der Waals surface area contributed by atoms with Crippen LogP contribution in [0, 0.1) is 11.8 Å². The number of amides is 2. The van der Waals surface area contributed by atoms with E-state index >= 15 is 0 Å². The Hall–Kier alpha value is -0.750. The summed E-state index contributed by atoms with van der Waals surface area (Å²) in [7, 11) is 3.86. The normalized spacial score (nSPS) is 12.8. The first-order chi connectivity index (χ1) is 8.77. The number of likely N-dealkylation sites (N-methyl/N-ethyl adjacent to an activating group) is 1. The number of rotatable bonds is 9. The summed E-state index contributed by atoms with van der Waals surface area (Å²) in [6.07, 6.45) is 0.777. The van der Waals surface area contributed by atoms with Gasteiger partial charge in [0.1, 0.15) is 0 Å². The number of carbonyl (C=O) groups excluding carboxylic acids is 2. The highest BCUT2D eigenvalue weighted by Crippen LogP contribution is 2.16. The first-order valence-electron chi connectivity index (χ1n) is 6.60. The van der Waals surface area contributed by atoms with Crippen LogP contribution in [0.5, 0.6) is 0 Å². The van der Waals surface area contributed by atoms with E-state index in [0.29, 0.717) is 24.8 Å². The maximum atomic E-state index is 12.4. The second kappa shape index (κ2) is 9.20. The summed E-state index contributed by atoms with van der Waals surface area (Å²) in [6.45, 7) is 5.34. The summed E-state index contributed by atoms with van der Waals surface area (Å²) in [5.74, 6) is 0.267. The van der Waals surface area contributed by atoms with E-state index in [0.717, 1.165) is 6.42 Å². The van der Waals surface area contributed by atoms with Gasteiger partial charge in [0.05, 0.1) is 6.54 Å². The maximum absolute atomic E-state index is 12.4. The van der Waals surface area contributed by atoms with Gasteiger partial charge < -0.3 is 15.5 Å². The van der Waals surface area contributed by atoms with Gasteiger partial charge in [-0.3, -0.25) is 9.59 Å². The first-order valence-corrected chi connectivity index (χ1v) is 7.23. The Morgan fingerprint density at radius 2 is 1.79 bits per heavy atom. The van der Waals surface area contributed by atoms with Crippen LogP contribution in [0.25, 0.3) is 0 Å². The van der Waals surface area contributed by atoms with Crippen LogP contribution in [0.4, 0.5) is 0 Å². The third-order valence-electron chi connectivity index (χ3n) is 2.80. The van der Waals surface area contributed by atoms with Gasteiger partial charge in [-0.15, -0.1) is 0 Å². The van der Waals surface area contributed by atoms with Crippen molar-refractivity contribution in [1.29, 1.82) is 0 Å². The number of thiol groups is 1. The van der Waals surface area contributed by atoms with Gasteiger partial charge in [0.15, 0.2) is 0 Å². The molecule has 0 saturated carbocycles. The van der Waals surface area contributed by atoms with E-state index in [-0.39, 0.29) is 18.4 Å². The molecule has 0 saturated heterocycles. The highest BCUT2D eigenvalue weighted by atomic mass is 32.1. The van der Waals surface area contributed by atoms with E-state index in [4.69, 9.17) is 5.73 Å². The highest BCUT2D eigenvalue weighted by Gasteiger charge is 2.25. The van der Waals surface area contributed by atoms with Crippen LogP contribution in [-0.2, 0) is 9.59 Å². The molecule has 2 N–H and O–H groups in total. The van der Waals surface area contributed by atoms with Crippen molar-refractivity contribution in [3.8, 4) is 0 Å². The lowest BCUT2D eigenvalue weighted by atomic mass is 9.97. The van der Waals surface area contributed by atoms with Crippen LogP contribution in [0.15, 0.2) is 0 Å². The van der Waals surface area contributed by atoms with Gasteiger partial charge in [-0.1, -0.05) is 13.8 Å². The standard InChI is InChI=1S/C13H27N3O2S/c1-10(2)7-11(9-19)13(18)16(8-12(14)17)6-5-15(3)4/h10-11,19H,5-9H2,1-4H3,(H2,14,17). The summed E-state index contributed by atoms with van der Waals surface area (Å²) < 4.78 is 0. The van der Waals surface area contributed by atoms with Crippen LogP contribution in [0.3, 0.4) is 0 Å². The van der Waals surface area contributed by atoms with Crippen molar-refractivity contribution in [3.05, 3.63) is 0 Å². The molecule has 0 aliphatic rings. The second-order valence-corrected chi connectivity index (χ2v) is 5.90. The molecule has 0 aliphatic carbocycles. The Bertz CT molecular complexity index is 296. The van der Waals surface area contributed by atoms with Crippen molar-refractivity contribution in [2.45, 2.75) is 20.3 Å². The predicted octanol–water partition coefficient (Wildman–Crippen LogP) is 0.454. The zero-order valence-electron chi connectivity index (χ0n) is 12.4. The lowest BCUT2D eigenvalue weighted by molar-refractivity contribution is -0.138. The van der Waals surface area contributed by atoms with E-state index in [1.165, 1.54) is 0 Å². The molecule has 0 aromatic rings. The molecule has 0 spiro atoms. The fourth-order valence-electron chi connectivity index (χ4n) is 1.86. The van der Waals surface area contributed by atoms with Crippen LogP contribution >= 0.6 is 12.6 Å². The van der Waals surface area contributed by atoms with Gasteiger partial charge in [0.25, 0.3) is 0 Å². The molecule has 0 heterocycles. The van der Waals surface area contributed by atoms with Crippen LogP contribution in [0.1, 0.15) is 20.3 Å². The van der Waals surface area contributed by atoms with Crippen molar-refractivity contribution >= 4 is 24.4 Å². The van der Waals surface area contributed by atoms with Crippen molar-refractivity contribution in [3.63, 3.8) is 0 Å². The van der Waals surface area contributed by atoms with Crippen molar-refractivity contribution in [2.75, 3.05) is 39.5 Å². The maximum Gasteiger partial charge on any atom is 0.237 e. The Morgan fingerprint density at radius 1 is 1.21 bits per heavy atom. The molecule has 19 heavy (non-hydrogen) atoms. The van der Waals surface area contributed by atoms with Gasteiger partial charge in [-0.25, -0.2) is 0 Å². The topological polar surface area (TPSA) is 66.6 Å². The lowest BCUT2D eigenvalue weighted by Crippen LogP contribution is -2.45. The first kappa shape index (κ1) is 18.2.